The molecular formula is C21H24N2O4. The predicted octanol–water partition coefficient (Wildman–Crippen LogP) is 2.86. The van der Waals surface area contributed by atoms with Gasteiger partial charge in [-0.2, -0.15) is 0 Å². The average molecular weight is 368 g/mol. The van der Waals surface area contributed by atoms with Gasteiger partial charge in [0, 0.05) is 12.6 Å². The van der Waals surface area contributed by atoms with Crippen LogP contribution in [0.3, 0.4) is 0 Å². The van der Waals surface area contributed by atoms with E-state index in [0.717, 1.165) is 22.6 Å². The Kier molecular flexibility index (Phi) is 5.98. The zero-order valence-electron chi connectivity index (χ0n) is 15.8. The molecule has 1 heterocycles. The lowest BCUT2D eigenvalue weighted by atomic mass is 10.1. The van der Waals surface area contributed by atoms with Crippen molar-refractivity contribution < 1.29 is 19.0 Å². The van der Waals surface area contributed by atoms with Crippen molar-refractivity contribution in [3.05, 3.63) is 59.7 Å². The number of carbonyl (C=O) groups is 1. The minimum absolute atomic E-state index is 0.0444. The number of fused-ring (bicyclic) bond motifs is 1. The molecule has 27 heavy (non-hydrogen) atoms. The maximum absolute atomic E-state index is 12.2. The number of amides is 1. The Balaban J connectivity index is 1.60. The highest BCUT2D eigenvalue weighted by molar-refractivity contribution is 5.91. The topological polar surface area (TPSA) is 60.0 Å². The number of likely N-dealkylation sites (N-methyl/N-ethyl adjacent to an activating group) is 1. The van der Waals surface area contributed by atoms with Gasteiger partial charge < -0.3 is 24.4 Å². The van der Waals surface area contributed by atoms with Crippen LogP contribution in [-0.4, -0.2) is 45.3 Å². The summed E-state index contributed by atoms with van der Waals surface area (Å²) in [6, 6.07) is 13.5. The van der Waals surface area contributed by atoms with Crippen molar-refractivity contribution in [3.8, 4) is 17.2 Å². The molecule has 1 aliphatic rings. The van der Waals surface area contributed by atoms with E-state index in [2.05, 4.69) is 10.2 Å². The third kappa shape index (κ3) is 4.80. The van der Waals surface area contributed by atoms with Gasteiger partial charge in [-0.15, -0.1) is 0 Å². The molecule has 2 aromatic rings. The average Bonchev–Trinajstić information content (AvgIpc) is 3.14. The van der Waals surface area contributed by atoms with E-state index >= 15 is 0 Å². The van der Waals surface area contributed by atoms with Gasteiger partial charge in [0.05, 0.1) is 13.2 Å². The molecule has 0 aliphatic carbocycles. The molecule has 0 bridgehead atoms. The first-order valence-electron chi connectivity index (χ1n) is 8.73. The molecule has 0 saturated heterocycles. The van der Waals surface area contributed by atoms with E-state index in [1.165, 1.54) is 6.08 Å². The van der Waals surface area contributed by atoms with Crippen LogP contribution in [0.2, 0.25) is 0 Å². The van der Waals surface area contributed by atoms with Crippen LogP contribution in [0.5, 0.6) is 17.2 Å². The van der Waals surface area contributed by atoms with Crippen LogP contribution < -0.4 is 19.5 Å². The van der Waals surface area contributed by atoms with Gasteiger partial charge in [-0.3, -0.25) is 4.79 Å². The van der Waals surface area contributed by atoms with Crippen LogP contribution in [0.15, 0.2) is 48.5 Å². The SMILES string of the molecule is COc1cccc([C@@H](CNC(=O)/C=C/c2ccc3c(c2)OCO3)N(C)C)c1. The molecule has 1 amide bonds. The lowest BCUT2D eigenvalue weighted by Gasteiger charge is -2.25. The van der Waals surface area contributed by atoms with Crippen LogP contribution >= 0.6 is 0 Å². The van der Waals surface area contributed by atoms with E-state index < -0.39 is 0 Å². The molecular weight excluding hydrogens is 344 g/mol. The van der Waals surface area contributed by atoms with E-state index in [9.17, 15) is 4.79 Å². The summed E-state index contributed by atoms with van der Waals surface area (Å²) >= 11 is 0. The second-order valence-electron chi connectivity index (χ2n) is 6.45. The fraction of sp³-hybridized carbons (Fsp3) is 0.286. The number of carbonyl (C=O) groups excluding carboxylic acids is 1. The molecule has 0 radical (unpaired) electrons. The van der Waals surface area contributed by atoms with Crippen molar-refractivity contribution in [1.82, 2.24) is 10.2 Å². The number of nitrogens with zero attached hydrogens (tertiary/aromatic N) is 1. The van der Waals surface area contributed by atoms with Gasteiger partial charge in [0.2, 0.25) is 12.7 Å². The summed E-state index contributed by atoms with van der Waals surface area (Å²) < 4.78 is 15.9. The number of rotatable bonds is 7. The maximum Gasteiger partial charge on any atom is 0.244 e. The highest BCUT2D eigenvalue weighted by atomic mass is 16.7. The molecule has 0 fully saturated rings. The van der Waals surface area contributed by atoms with Crippen LogP contribution in [0.25, 0.3) is 6.08 Å². The molecule has 0 aromatic heterocycles. The number of benzene rings is 2. The number of hydrogen-bond donors (Lipinski definition) is 1. The van der Waals surface area contributed by atoms with Crippen LogP contribution in [-0.2, 0) is 4.79 Å². The van der Waals surface area contributed by atoms with E-state index in [1.54, 1.807) is 13.2 Å². The van der Waals surface area contributed by atoms with Gasteiger partial charge in [-0.25, -0.2) is 0 Å². The first-order chi connectivity index (χ1) is 13.1. The Bertz CT molecular complexity index is 833. The third-order valence-corrected chi connectivity index (χ3v) is 4.40. The zero-order valence-corrected chi connectivity index (χ0v) is 15.8. The van der Waals surface area contributed by atoms with Gasteiger partial charge in [0.1, 0.15) is 5.75 Å². The molecule has 3 rings (SSSR count). The molecule has 0 unspecified atom stereocenters. The molecule has 6 heteroatoms. The van der Waals surface area contributed by atoms with Crippen molar-refractivity contribution in [2.24, 2.45) is 0 Å². The summed E-state index contributed by atoms with van der Waals surface area (Å²) in [6.45, 7) is 0.726. The maximum atomic E-state index is 12.2. The zero-order chi connectivity index (χ0) is 19.2. The second kappa shape index (κ2) is 8.60. The molecule has 2 aromatic carbocycles. The Morgan fingerprint density at radius 1 is 1.22 bits per heavy atom. The molecule has 142 valence electrons. The number of hydrogen-bond acceptors (Lipinski definition) is 5. The standard InChI is InChI=1S/C21H24N2O4/c1-23(2)18(16-5-4-6-17(12-16)25-3)13-22-21(24)10-8-15-7-9-19-20(11-15)27-14-26-19/h4-12,18H,13-14H2,1-3H3,(H,22,24)/b10-8+/t18-/m1/s1. The molecule has 1 N–H and O–H groups in total. The van der Waals surface area contributed by atoms with Gasteiger partial charge in [0.15, 0.2) is 11.5 Å². The van der Waals surface area contributed by atoms with Gasteiger partial charge in [-0.1, -0.05) is 18.2 Å². The lowest BCUT2D eigenvalue weighted by molar-refractivity contribution is -0.116. The normalized spacial score (nSPS) is 13.8. The monoisotopic (exact) mass is 368 g/mol. The molecule has 1 atom stereocenters. The second-order valence-corrected chi connectivity index (χ2v) is 6.45. The van der Waals surface area contributed by atoms with Crippen molar-refractivity contribution in [3.63, 3.8) is 0 Å². The Morgan fingerprint density at radius 3 is 2.81 bits per heavy atom. The smallest absolute Gasteiger partial charge is 0.244 e. The minimum atomic E-state index is -0.151. The van der Waals surface area contributed by atoms with Crippen molar-refractivity contribution in [1.29, 1.82) is 0 Å². The number of ether oxygens (including phenoxy) is 3. The van der Waals surface area contributed by atoms with E-state index in [0.29, 0.717) is 12.3 Å². The summed E-state index contributed by atoms with van der Waals surface area (Å²) in [4.78, 5) is 14.3. The lowest BCUT2D eigenvalue weighted by Crippen LogP contribution is -2.33. The summed E-state index contributed by atoms with van der Waals surface area (Å²) in [5.74, 6) is 2.07. The van der Waals surface area contributed by atoms with Gasteiger partial charge in [0.25, 0.3) is 0 Å². The number of nitrogens with one attached hydrogen (secondary N) is 1. The van der Waals surface area contributed by atoms with Gasteiger partial charge in [-0.05, 0) is 55.6 Å². The van der Waals surface area contributed by atoms with E-state index in [1.807, 2.05) is 56.6 Å². The highest BCUT2D eigenvalue weighted by Crippen LogP contribution is 2.32. The Morgan fingerprint density at radius 2 is 2.04 bits per heavy atom. The number of methoxy groups -OCH3 is 1. The largest absolute Gasteiger partial charge is 0.497 e. The molecule has 1 aliphatic heterocycles. The Labute approximate surface area is 159 Å². The van der Waals surface area contributed by atoms with Crippen LogP contribution in [0.1, 0.15) is 17.2 Å². The predicted molar refractivity (Wildman–Crippen MR) is 104 cm³/mol. The van der Waals surface area contributed by atoms with Gasteiger partial charge >= 0.3 is 0 Å². The van der Waals surface area contributed by atoms with Crippen LogP contribution in [0.4, 0.5) is 0 Å². The third-order valence-electron chi connectivity index (χ3n) is 4.40. The van der Waals surface area contributed by atoms with Crippen molar-refractivity contribution in [2.45, 2.75) is 6.04 Å². The van der Waals surface area contributed by atoms with E-state index in [4.69, 9.17) is 14.2 Å². The van der Waals surface area contributed by atoms with Crippen molar-refractivity contribution >= 4 is 12.0 Å². The van der Waals surface area contributed by atoms with Crippen molar-refractivity contribution in [2.75, 3.05) is 34.5 Å². The first kappa shape index (κ1) is 18.8. The Hall–Kier alpha value is -2.99. The molecule has 6 nitrogen and oxygen atoms in total. The fourth-order valence-corrected chi connectivity index (χ4v) is 2.89. The molecule has 0 spiro atoms. The highest BCUT2D eigenvalue weighted by Gasteiger charge is 2.16. The first-order valence-corrected chi connectivity index (χ1v) is 8.73. The summed E-state index contributed by atoms with van der Waals surface area (Å²) in [6.07, 6.45) is 3.28. The molecule has 0 saturated carbocycles. The summed E-state index contributed by atoms with van der Waals surface area (Å²) in [5, 5.41) is 2.96. The summed E-state index contributed by atoms with van der Waals surface area (Å²) in [7, 11) is 5.62. The van der Waals surface area contributed by atoms with Crippen LogP contribution in [0, 0.1) is 0 Å². The minimum Gasteiger partial charge on any atom is -0.497 e. The quantitative estimate of drug-likeness (QED) is 0.762. The van der Waals surface area contributed by atoms with E-state index in [-0.39, 0.29) is 18.7 Å². The summed E-state index contributed by atoms with van der Waals surface area (Å²) in [5.41, 5.74) is 1.96. The fourth-order valence-electron chi connectivity index (χ4n) is 2.89.